The van der Waals surface area contributed by atoms with E-state index in [4.69, 9.17) is 0 Å². The Morgan fingerprint density at radius 1 is 0.750 bits per heavy atom. The van der Waals surface area contributed by atoms with Crippen molar-refractivity contribution in [1.82, 2.24) is 0 Å². The lowest BCUT2D eigenvalue weighted by Crippen LogP contribution is -2.10. The zero-order chi connectivity index (χ0) is 8.88. The molecule has 2 rings (SSSR count). The molecule has 0 saturated carbocycles. The summed E-state index contributed by atoms with van der Waals surface area (Å²) >= 11 is 0. The van der Waals surface area contributed by atoms with Gasteiger partial charge in [0.15, 0.2) is 0 Å². The first-order valence-electron chi connectivity index (χ1n) is 4.80. The minimum Gasteiger partial charge on any atom is -0.0586 e. The van der Waals surface area contributed by atoms with Crippen molar-refractivity contribution in [3.63, 3.8) is 0 Å². The zero-order valence-corrected chi connectivity index (χ0v) is 8.31. The van der Waals surface area contributed by atoms with Gasteiger partial charge >= 0.3 is 0 Å². The van der Waals surface area contributed by atoms with Crippen LogP contribution in [-0.2, 0) is 0 Å². The molecule has 0 aromatic heterocycles. The molecule has 0 heteroatoms. The quantitative estimate of drug-likeness (QED) is 0.630. The fourth-order valence-corrected chi connectivity index (χ4v) is 2.19. The van der Waals surface area contributed by atoms with Gasteiger partial charge in [-0.1, -0.05) is 39.8 Å². The summed E-state index contributed by atoms with van der Waals surface area (Å²) in [5, 5.41) is 3.07. The Balaban J connectivity index is 2.53. The molecule has 2 aliphatic carbocycles. The number of hydrogen-bond acceptors (Lipinski definition) is 0. The van der Waals surface area contributed by atoms with Crippen LogP contribution in [0.25, 0.3) is 0 Å². The van der Waals surface area contributed by atoms with Gasteiger partial charge < -0.3 is 0 Å². The highest BCUT2D eigenvalue weighted by Gasteiger charge is 2.20. The summed E-state index contributed by atoms with van der Waals surface area (Å²) in [6.45, 7) is 9.14. The molecule has 64 valence electrons. The van der Waals surface area contributed by atoms with Gasteiger partial charge in [0.1, 0.15) is 0 Å². The van der Waals surface area contributed by atoms with Gasteiger partial charge in [-0.2, -0.15) is 0 Å². The first-order chi connectivity index (χ1) is 5.63. The lowest BCUT2D eigenvalue weighted by molar-refractivity contribution is 0.756. The van der Waals surface area contributed by atoms with E-state index < -0.39 is 0 Å². The lowest BCUT2D eigenvalue weighted by atomic mass is 9.79. The smallest absolute Gasteiger partial charge is 0.0143 e. The monoisotopic (exact) mass is 160 g/mol. The van der Waals surface area contributed by atoms with Crippen molar-refractivity contribution in [3.05, 3.63) is 33.7 Å². The zero-order valence-electron chi connectivity index (χ0n) is 8.31. The van der Waals surface area contributed by atoms with Gasteiger partial charge in [-0.05, 0) is 33.4 Å². The largest absolute Gasteiger partial charge is 0.0586 e. The highest BCUT2D eigenvalue weighted by molar-refractivity contribution is 5.46. The normalized spacial score (nSPS) is 12.8. The summed E-state index contributed by atoms with van der Waals surface area (Å²) < 4.78 is 0. The van der Waals surface area contributed by atoms with E-state index in [1.807, 2.05) is 0 Å². The highest BCUT2D eigenvalue weighted by Crippen LogP contribution is 2.35. The number of benzene rings is 1. The highest BCUT2D eigenvalue weighted by atomic mass is 14.2. The van der Waals surface area contributed by atoms with E-state index in [9.17, 15) is 0 Å². The van der Waals surface area contributed by atoms with Crippen LogP contribution in [0.1, 0.15) is 50.7 Å². The van der Waals surface area contributed by atoms with Gasteiger partial charge in [0.2, 0.25) is 0 Å². The molecule has 0 radical (unpaired) electrons. The molecule has 0 amide bonds. The van der Waals surface area contributed by atoms with Gasteiger partial charge in [-0.15, -0.1) is 0 Å². The Hall–Kier alpha value is -0.780. The SMILES string of the molecule is CC(C)c1c(C(C)C)c2ccc1=2. The van der Waals surface area contributed by atoms with Crippen LogP contribution in [-0.4, -0.2) is 0 Å². The van der Waals surface area contributed by atoms with Crippen molar-refractivity contribution >= 4 is 0 Å². The Morgan fingerprint density at radius 3 is 1.25 bits per heavy atom. The summed E-state index contributed by atoms with van der Waals surface area (Å²) in [4.78, 5) is 0. The Labute approximate surface area is 73.9 Å². The molecule has 0 aromatic carbocycles. The van der Waals surface area contributed by atoms with Crippen LogP contribution < -0.4 is 0 Å². The summed E-state index contributed by atoms with van der Waals surface area (Å²) in [5.41, 5.74) is 3.23. The van der Waals surface area contributed by atoms with Gasteiger partial charge in [-0.25, -0.2) is 0 Å². The molecule has 0 unspecified atom stereocenters. The molecule has 0 atom stereocenters. The van der Waals surface area contributed by atoms with Gasteiger partial charge in [-0.3, -0.25) is 0 Å². The van der Waals surface area contributed by atoms with Crippen LogP contribution in [0.4, 0.5) is 0 Å². The molecule has 0 spiro atoms. The van der Waals surface area contributed by atoms with E-state index in [-0.39, 0.29) is 0 Å². The maximum atomic E-state index is 2.29. The van der Waals surface area contributed by atoms with E-state index in [1.54, 1.807) is 11.1 Å². The fraction of sp³-hybridized carbons (Fsp3) is 0.500. The second-order valence-electron chi connectivity index (χ2n) is 4.30. The fourth-order valence-electron chi connectivity index (χ4n) is 2.19. The summed E-state index contributed by atoms with van der Waals surface area (Å²) in [5.74, 6) is 1.40. The van der Waals surface area contributed by atoms with Crippen molar-refractivity contribution < 1.29 is 0 Å². The van der Waals surface area contributed by atoms with Crippen molar-refractivity contribution in [2.24, 2.45) is 0 Å². The molecular formula is C12H16. The predicted molar refractivity (Wildman–Crippen MR) is 52.3 cm³/mol. The van der Waals surface area contributed by atoms with Crippen molar-refractivity contribution in [2.45, 2.75) is 39.5 Å². The van der Waals surface area contributed by atoms with Crippen LogP contribution in [0.15, 0.2) is 12.1 Å². The summed E-state index contributed by atoms with van der Waals surface area (Å²) in [6, 6.07) is 4.49. The third kappa shape index (κ3) is 0.782. The van der Waals surface area contributed by atoms with Crippen LogP contribution in [0.5, 0.6) is 0 Å². The van der Waals surface area contributed by atoms with E-state index in [0.29, 0.717) is 11.8 Å². The molecule has 2 aliphatic rings. The summed E-state index contributed by atoms with van der Waals surface area (Å²) in [7, 11) is 0. The number of rotatable bonds is 2. The van der Waals surface area contributed by atoms with Gasteiger partial charge in [0.25, 0.3) is 0 Å². The van der Waals surface area contributed by atoms with E-state index in [2.05, 4.69) is 39.8 Å². The minimum atomic E-state index is 0.700. The molecular weight excluding hydrogens is 144 g/mol. The molecule has 0 N–H and O–H groups in total. The van der Waals surface area contributed by atoms with Crippen LogP contribution >= 0.6 is 0 Å². The molecule has 0 aliphatic heterocycles. The molecule has 0 bridgehead atoms. The summed E-state index contributed by atoms with van der Waals surface area (Å²) in [6.07, 6.45) is 0. The second kappa shape index (κ2) is 2.35. The molecule has 0 fully saturated rings. The first-order valence-corrected chi connectivity index (χ1v) is 4.80. The minimum absolute atomic E-state index is 0.700. The van der Waals surface area contributed by atoms with Gasteiger partial charge in [0, 0.05) is 0 Å². The van der Waals surface area contributed by atoms with Crippen molar-refractivity contribution in [2.75, 3.05) is 0 Å². The Kier molecular flexibility index (Phi) is 1.54. The van der Waals surface area contributed by atoms with E-state index in [1.165, 1.54) is 10.4 Å². The lowest BCUT2D eigenvalue weighted by Gasteiger charge is -2.25. The third-order valence-corrected chi connectivity index (χ3v) is 2.73. The van der Waals surface area contributed by atoms with Gasteiger partial charge in [0.05, 0.1) is 0 Å². The number of hydrogen-bond donors (Lipinski definition) is 0. The molecule has 12 heavy (non-hydrogen) atoms. The van der Waals surface area contributed by atoms with E-state index >= 15 is 0 Å². The third-order valence-electron chi connectivity index (χ3n) is 2.73. The van der Waals surface area contributed by atoms with Crippen molar-refractivity contribution in [1.29, 1.82) is 0 Å². The van der Waals surface area contributed by atoms with Crippen LogP contribution in [0.2, 0.25) is 0 Å². The average Bonchev–Trinajstić information content (AvgIpc) is 1.91. The predicted octanol–water partition coefficient (Wildman–Crippen LogP) is 3.53. The van der Waals surface area contributed by atoms with Crippen molar-refractivity contribution in [3.8, 4) is 0 Å². The topological polar surface area (TPSA) is 0 Å². The first kappa shape index (κ1) is 7.85. The standard InChI is InChI=1S/C12H16/c1-7(2)11-9-5-6-10(9)12(11)8(3)4/h5-8H,1-4H3. The van der Waals surface area contributed by atoms with E-state index in [0.717, 1.165) is 0 Å². The molecule has 0 aromatic rings. The molecule has 0 nitrogen and oxygen atoms in total. The van der Waals surface area contributed by atoms with Crippen LogP contribution in [0.3, 0.4) is 0 Å². The Morgan fingerprint density at radius 2 is 1.08 bits per heavy atom. The molecule has 0 heterocycles. The maximum absolute atomic E-state index is 2.29. The molecule has 0 saturated heterocycles. The maximum Gasteiger partial charge on any atom is -0.0143 e. The Bertz CT molecular complexity index is 358. The van der Waals surface area contributed by atoms with Crippen LogP contribution in [0, 0.1) is 10.4 Å². The average molecular weight is 160 g/mol. The second-order valence-corrected chi connectivity index (χ2v) is 4.30.